The van der Waals surface area contributed by atoms with Gasteiger partial charge < -0.3 is 17.2 Å². The number of rotatable bonds is 6. The van der Waals surface area contributed by atoms with E-state index in [1.165, 1.54) is 35.3 Å². The topological polar surface area (TPSA) is 78.1 Å². The fraction of sp³-hybridized carbons (Fsp3) is 0. The summed E-state index contributed by atoms with van der Waals surface area (Å²) in [6, 6.07) is 26.0. The first-order chi connectivity index (χ1) is 25.4. The summed E-state index contributed by atoms with van der Waals surface area (Å²) in [7, 11) is 0. The lowest BCUT2D eigenvalue weighted by Crippen LogP contribution is -1.89. The van der Waals surface area contributed by atoms with Crippen molar-refractivity contribution in [2.75, 3.05) is 17.2 Å². The second-order valence-corrected chi connectivity index (χ2v) is 18.6. The van der Waals surface area contributed by atoms with E-state index >= 15 is 0 Å². The molecule has 54 heavy (non-hydrogen) atoms. The highest BCUT2D eigenvalue weighted by atomic mass is 35.5. The summed E-state index contributed by atoms with van der Waals surface area (Å²) in [5, 5.41) is 6.10. The van der Waals surface area contributed by atoms with Crippen LogP contribution in [0.15, 0.2) is 120 Å². The van der Waals surface area contributed by atoms with Gasteiger partial charge in [0.1, 0.15) is 0 Å². The van der Waals surface area contributed by atoms with Gasteiger partial charge in [-0.25, -0.2) is 0 Å². The molecule has 6 aromatic rings. The fourth-order valence-electron chi connectivity index (χ4n) is 3.96. The molecular formula is C36H21Cl12N3S3. The van der Waals surface area contributed by atoms with E-state index in [0.717, 1.165) is 29.4 Å². The molecule has 282 valence electrons. The maximum atomic E-state index is 6.13. The van der Waals surface area contributed by atoms with Crippen molar-refractivity contribution in [3.05, 3.63) is 151 Å². The molecule has 6 rings (SSSR count). The van der Waals surface area contributed by atoms with E-state index in [-0.39, 0.29) is 0 Å². The van der Waals surface area contributed by atoms with Crippen LogP contribution < -0.4 is 17.2 Å². The summed E-state index contributed by atoms with van der Waals surface area (Å²) < 4.78 is 0. The van der Waals surface area contributed by atoms with Crippen LogP contribution >= 0.6 is 174 Å². The van der Waals surface area contributed by atoms with Crippen LogP contribution in [0, 0.1) is 0 Å². The lowest BCUT2D eigenvalue weighted by Gasteiger charge is -2.09. The van der Waals surface area contributed by atoms with Gasteiger partial charge in [-0.15, -0.1) is 0 Å². The summed E-state index contributed by atoms with van der Waals surface area (Å²) in [6.45, 7) is 0. The molecule has 0 spiro atoms. The van der Waals surface area contributed by atoms with E-state index in [4.69, 9.17) is 156 Å². The number of benzene rings is 6. The minimum absolute atomic E-state index is 0.353. The Morgan fingerprint density at radius 1 is 0.315 bits per heavy atom. The molecule has 0 aliphatic heterocycles. The van der Waals surface area contributed by atoms with Gasteiger partial charge in [-0.2, -0.15) is 0 Å². The molecule has 0 unspecified atom stereocenters. The quantitative estimate of drug-likeness (QED) is 0.144. The van der Waals surface area contributed by atoms with Crippen molar-refractivity contribution >= 4 is 192 Å². The number of hydrogen-bond donors (Lipinski definition) is 3. The number of nitrogens with two attached hydrogens (primary N) is 3. The van der Waals surface area contributed by atoms with Gasteiger partial charge in [0, 0.05) is 55.8 Å². The van der Waals surface area contributed by atoms with E-state index in [0.29, 0.717) is 77.3 Å². The predicted molar refractivity (Wildman–Crippen MR) is 244 cm³/mol. The largest absolute Gasteiger partial charge is 0.399 e. The van der Waals surface area contributed by atoms with Crippen LogP contribution in [-0.4, -0.2) is 0 Å². The molecule has 0 radical (unpaired) electrons. The molecule has 6 aromatic carbocycles. The van der Waals surface area contributed by atoms with E-state index in [1.54, 1.807) is 72.8 Å². The maximum absolute atomic E-state index is 6.13. The highest BCUT2D eigenvalue weighted by molar-refractivity contribution is 8.00. The molecule has 0 aliphatic rings. The van der Waals surface area contributed by atoms with Crippen molar-refractivity contribution < 1.29 is 0 Å². The van der Waals surface area contributed by atoms with Crippen LogP contribution in [0.4, 0.5) is 17.1 Å². The lowest BCUT2D eigenvalue weighted by molar-refractivity contribution is 1.41. The Labute approximate surface area is 385 Å². The van der Waals surface area contributed by atoms with Crippen LogP contribution in [0.1, 0.15) is 0 Å². The summed E-state index contributed by atoms with van der Waals surface area (Å²) in [6.07, 6.45) is 0. The zero-order chi connectivity index (χ0) is 39.9. The summed E-state index contributed by atoms with van der Waals surface area (Å²) >= 11 is 76.2. The third-order valence-electron chi connectivity index (χ3n) is 6.48. The first-order valence-corrected chi connectivity index (χ1v) is 21.5. The molecule has 0 bridgehead atoms. The van der Waals surface area contributed by atoms with Gasteiger partial charge in [-0.05, 0) is 91.0 Å². The third-order valence-corrected chi connectivity index (χ3v) is 14.5. The number of nitrogen functional groups attached to an aromatic ring is 3. The molecule has 0 saturated carbocycles. The van der Waals surface area contributed by atoms with Gasteiger partial charge in [-0.3, -0.25) is 0 Å². The highest BCUT2D eigenvalue weighted by Crippen LogP contribution is 2.44. The molecule has 0 saturated heterocycles. The maximum Gasteiger partial charge on any atom is 0.0833 e. The van der Waals surface area contributed by atoms with Gasteiger partial charge >= 0.3 is 0 Å². The summed E-state index contributed by atoms with van der Waals surface area (Å²) in [5.41, 5.74) is 18.7. The zero-order valence-corrected chi connectivity index (χ0v) is 38.2. The van der Waals surface area contributed by atoms with Crippen LogP contribution in [0.25, 0.3) is 0 Å². The molecule has 0 atom stereocenters. The second-order valence-electron chi connectivity index (χ2n) is 10.4. The highest BCUT2D eigenvalue weighted by Gasteiger charge is 2.13. The van der Waals surface area contributed by atoms with Gasteiger partial charge in [0.25, 0.3) is 0 Å². The van der Waals surface area contributed by atoms with Crippen molar-refractivity contribution in [3.63, 3.8) is 0 Å². The van der Waals surface area contributed by atoms with E-state index < -0.39 is 0 Å². The minimum Gasteiger partial charge on any atom is -0.399 e. The molecule has 0 fully saturated rings. The number of halogens is 12. The van der Waals surface area contributed by atoms with Crippen molar-refractivity contribution in [2.45, 2.75) is 29.4 Å². The van der Waals surface area contributed by atoms with Crippen molar-refractivity contribution in [2.24, 2.45) is 0 Å². The predicted octanol–water partition coefficient (Wildman–Crippen LogP) is 18.1. The summed E-state index contributed by atoms with van der Waals surface area (Å²) in [4.78, 5) is 4.84. The Morgan fingerprint density at radius 3 is 1.19 bits per heavy atom. The molecule has 0 aliphatic carbocycles. The summed E-state index contributed by atoms with van der Waals surface area (Å²) in [5.74, 6) is 0. The smallest absolute Gasteiger partial charge is 0.0833 e. The van der Waals surface area contributed by atoms with E-state index in [2.05, 4.69) is 0 Å². The van der Waals surface area contributed by atoms with Gasteiger partial charge in [0.05, 0.1) is 50.9 Å². The van der Waals surface area contributed by atoms with Crippen molar-refractivity contribution in [1.29, 1.82) is 0 Å². The molecule has 0 amide bonds. The Bertz CT molecular complexity index is 2240. The van der Waals surface area contributed by atoms with Crippen LogP contribution in [0.3, 0.4) is 0 Å². The SMILES string of the molecule is Nc1cc(Cl)c(Cl)cc1Sc1ccc(Cl)cc1Cl.Nc1cc(Cl)c(Sc2ccc(Cl)cc2Cl)c(Cl)c1.Nc1ccc(Sc2ccc(Cl)cc2Cl)c(Cl)c1Cl. The van der Waals surface area contributed by atoms with Crippen LogP contribution in [-0.2, 0) is 0 Å². The van der Waals surface area contributed by atoms with Gasteiger partial charge in [0.2, 0.25) is 0 Å². The third kappa shape index (κ3) is 13.1. The number of hydrogen-bond acceptors (Lipinski definition) is 6. The van der Waals surface area contributed by atoms with Gasteiger partial charge in [0.15, 0.2) is 0 Å². The van der Waals surface area contributed by atoms with Crippen molar-refractivity contribution in [3.8, 4) is 0 Å². The molecule has 0 aromatic heterocycles. The zero-order valence-electron chi connectivity index (χ0n) is 26.7. The average molecular weight is 1020 g/mol. The first kappa shape index (κ1) is 45.9. The molecule has 6 N–H and O–H groups in total. The fourth-order valence-corrected chi connectivity index (χ4v) is 9.74. The Kier molecular flexibility index (Phi) is 18.1. The van der Waals surface area contributed by atoms with Crippen molar-refractivity contribution in [1.82, 2.24) is 0 Å². The van der Waals surface area contributed by atoms with Crippen LogP contribution in [0.5, 0.6) is 0 Å². The Hall–Kier alpha value is -0.750. The standard InChI is InChI=1S/3C12H7Cl4NS/c13-6-1-3-9(7(14)5-6)18-10-4-2-8(17)11(15)12(10)16;13-6-1-2-11(9(16)3-6)18-12-5-8(15)7(14)4-10(12)17;13-6-1-2-11(8(14)3-6)18-12-9(15)4-7(17)5-10(12)16/h3*1-5H,17H2. The second kappa shape index (κ2) is 21.3. The number of anilines is 3. The lowest BCUT2D eigenvalue weighted by atomic mass is 10.3. The Morgan fingerprint density at radius 2 is 0.722 bits per heavy atom. The molecular weight excluding hydrogens is 996 g/mol. The van der Waals surface area contributed by atoms with E-state index in [9.17, 15) is 0 Å². The average Bonchev–Trinajstić information content (AvgIpc) is 3.09. The molecule has 3 nitrogen and oxygen atoms in total. The van der Waals surface area contributed by atoms with E-state index in [1.807, 2.05) is 18.2 Å². The first-order valence-electron chi connectivity index (χ1n) is 14.5. The molecule has 0 heterocycles. The van der Waals surface area contributed by atoms with Crippen LogP contribution in [0.2, 0.25) is 60.3 Å². The van der Waals surface area contributed by atoms with Gasteiger partial charge in [-0.1, -0.05) is 174 Å². The Balaban J connectivity index is 0.000000180. The minimum atomic E-state index is 0.353. The normalized spacial score (nSPS) is 10.7. The molecule has 18 heteroatoms. The monoisotopic (exact) mass is 1010 g/mol.